The fraction of sp³-hybridized carbons (Fsp3) is 0.357. The van der Waals surface area contributed by atoms with Gasteiger partial charge in [0.05, 0.1) is 17.6 Å². The first kappa shape index (κ1) is 11.3. The maximum atomic E-state index is 9.57. The minimum Gasteiger partial charge on any atom is -0.508 e. The smallest absolute Gasteiger partial charge is 0.117 e. The number of nitrogens with two attached hydrogens (primary N) is 1. The number of hydrogen-bond acceptors (Lipinski definition) is 3. The second-order valence-corrected chi connectivity index (χ2v) is 4.81. The van der Waals surface area contributed by atoms with Crippen LogP contribution in [-0.2, 0) is 6.42 Å². The largest absolute Gasteiger partial charge is 0.508 e. The summed E-state index contributed by atoms with van der Waals surface area (Å²) in [5.41, 5.74) is 9.27. The Bertz CT molecular complexity index is 562. The molecule has 3 rings (SSSR count). The van der Waals surface area contributed by atoms with E-state index in [1.807, 2.05) is 23.0 Å². The van der Waals surface area contributed by atoms with Crippen LogP contribution in [0.15, 0.2) is 30.5 Å². The van der Waals surface area contributed by atoms with Crippen molar-refractivity contribution in [2.75, 3.05) is 6.54 Å². The van der Waals surface area contributed by atoms with Crippen molar-refractivity contribution in [1.82, 2.24) is 9.78 Å². The molecule has 1 heterocycles. The minimum atomic E-state index is 0.261. The van der Waals surface area contributed by atoms with E-state index in [1.54, 1.807) is 12.1 Å². The molecule has 1 aromatic heterocycles. The van der Waals surface area contributed by atoms with Crippen molar-refractivity contribution >= 4 is 0 Å². The van der Waals surface area contributed by atoms with Crippen LogP contribution >= 0.6 is 0 Å². The summed E-state index contributed by atoms with van der Waals surface area (Å²) in [5, 5.41) is 14.0. The van der Waals surface area contributed by atoms with Gasteiger partial charge in [-0.1, -0.05) is 6.07 Å². The molecule has 0 aliphatic heterocycles. The highest BCUT2D eigenvalue weighted by Crippen LogP contribution is 2.32. The molecule has 2 aromatic rings. The van der Waals surface area contributed by atoms with E-state index in [-0.39, 0.29) is 5.75 Å². The molecule has 4 heteroatoms. The van der Waals surface area contributed by atoms with E-state index in [2.05, 4.69) is 5.10 Å². The number of phenols is 1. The summed E-state index contributed by atoms with van der Waals surface area (Å²) in [7, 11) is 0. The first-order chi connectivity index (χ1) is 8.79. The van der Waals surface area contributed by atoms with Gasteiger partial charge in [-0.3, -0.25) is 0 Å². The third-order valence-electron chi connectivity index (χ3n) is 3.63. The molecule has 0 amide bonds. The number of aryl methyl sites for hydroxylation is 1. The Morgan fingerprint density at radius 2 is 2.33 bits per heavy atom. The van der Waals surface area contributed by atoms with Gasteiger partial charge in [0, 0.05) is 18.5 Å². The van der Waals surface area contributed by atoms with E-state index in [0.29, 0.717) is 12.5 Å². The Hall–Kier alpha value is -1.81. The Kier molecular flexibility index (Phi) is 2.80. The Morgan fingerprint density at radius 3 is 3.11 bits per heavy atom. The molecule has 0 spiro atoms. The van der Waals surface area contributed by atoms with Crippen LogP contribution in [0.2, 0.25) is 0 Å². The highest BCUT2D eigenvalue weighted by molar-refractivity contribution is 5.41. The van der Waals surface area contributed by atoms with Gasteiger partial charge in [-0.15, -0.1) is 0 Å². The number of benzene rings is 1. The number of aromatic hydroxyl groups is 1. The van der Waals surface area contributed by atoms with Crippen molar-refractivity contribution in [1.29, 1.82) is 0 Å². The quantitative estimate of drug-likeness (QED) is 0.847. The molecule has 18 heavy (non-hydrogen) atoms. The predicted octanol–water partition coefficient (Wildman–Crippen LogP) is 1.96. The van der Waals surface area contributed by atoms with Gasteiger partial charge < -0.3 is 10.8 Å². The highest BCUT2D eigenvalue weighted by Gasteiger charge is 2.24. The molecule has 4 nitrogen and oxygen atoms in total. The van der Waals surface area contributed by atoms with E-state index in [0.717, 1.165) is 18.5 Å². The van der Waals surface area contributed by atoms with Crippen LogP contribution in [0.1, 0.15) is 30.0 Å². The molecular weight excluding hydrogens is 226 g/mol. The van der Waals surface area contributed by atoms with E-state index in [9.17, 15) is 5.11 Å². The molecule has 0 fully saturated rings. The Labute approximate surface area is 106 Å². The minimum absolute atomic E-state index is 0.261. The van der Waals surface area contributed by atoms with Gasteiger partial charge in [0.25, 0.3) is 0 Å². The van der Waals surface area contributed by atoms with Gasteiger partial charge in [0.1, 0.15) is 5.75 Å². The lowest BCUT2D eigenvalue weighted by molar-refractivity contribution is 0.474. The van der Waals surface area contributed by atoms with Crippen LogP contribution in [-0.4, -0.2) is 21.4 Å². The molecule has 0 bridgehead atoms. The summed E-state index contributed by atoms with van der Waals surface area (Å²) in [6, 6.07) is 7.18. The molecule has 1 aliphatic rings. The van der Waals surface area contributed by atoms with Crippen LogP contribution < -0.4 is 5.73 Å². The zero-order valence-corrected chi connectivity index (χ0v) is 10.2. The molecule has 1 aromatic carbocycles. The normalized spacial score (nSPS) is 18.6. The molecule has 94 valence electrons. The van der Waals surface area contributed by atoms with Gasteiger partial charge in [-0.2, -0.15) is 5.10 Å². The van der Waals surface area contributed by atoms with E-state index in [1.165, 1.54) is 17.7 Å². The van der Waals surface area contributed by atoms with Crippen molar-refractivity contribution in [2.45, 2.75) is 25.2 Å². The third-order valence-corrected chi connectivity index (χ3v) is 3.63. The van der Waals surface area contributed by atoms with Crippen LogP contribution in [0.4, 0.5) is 0 Å². The van der Waals surface area contributed by atoms with Crippen molar-refractivity contribution in [3.05, 3.63) is 41.7 Å². The second kappa shape index (κ2) is 4.46. The third kappa shape index (κ3) is 1.78. The fourth-order valence-electron chi connectivity index (χ4n) is 2.76. The summed E-state index contributed by atoms with van der Waals surface area (Å²) in [5.74, 6) is 0.635. The van der Waals surface area contributed by atoms with Crippen molar-refractivity contribution in [3.8, 4) is 11.4 Å². The summed E-state index contributed by atoms with van der Waals surface area (Å²) in [4.78, 5) is 0. The van der Waals surface area contributed by atoms with Gasteiger partial charge in [-0.25, -0.2) is 4.68 Å². The number of nitrogens with zero attached hydrogens (tertiary/aromatic N) is 2. The average molecular weight is 243 g/mol. The first-order valence-corrected chi connectivity index (χ1v) is 6.36. The SMILES string of the molecule is NCC1CCCc2cnn(-c3cccc(O)c3)c21. The maximum Gasteiger partial charge on any atom is 0.117 e. The highest BCUT2D eigenvalue weighted by atomic mass is 16.3. The van der Waals surface area contributed by atoms with Crippen LogP contribution in [0.3, 0.4) is 0 Å². The van der Waals surface area contributed by atoms with Gasteiger partial charge in [0.15, 0.2) is 0 Å². The van der Waals surface area contributed by atoms with Crippen molar-refractivity contribution in [3.63, 3.8) is 0 Å². The number of hydrogen-bond donors (Lipinski definition) is 2. The monoisotopic (exact) mass is 243 g/mol. The number of phenolic OH excluding ortho intramolecular Hbond substituents is 1. The lowest BCUT2D eigenvalue weighted by Crippen LogP contribution is -2.20. The zero-order valence-electron chi connectivity index (χ0n) is 10.2. The summed E-state index contributed by atoms with van der Waals surface area (Å²) >= 11 is 0. The van der Waals surface area contributed by atoms with Crippen molar-refractivity contribution in [2.24, 2.45) is 5.73 Å². The van der Waals surface area contributed by atoms with Crippen LogP contribution in [0.25, 0.3) is 5.69 Å². The maximum absolute atomic E-state index is 9.57. The van der Waals surface area contributed by atoms with Gasteiger partial charge >= 0.3 is 0 Å². The topological polar surface area (TPSA) is 64.1 Å². The van der Waals surface area contributed by atoms with Gasteiger partial charge in [-0.05, 0) is 37.0 Å². The van der Waals surface area contributed by atoms with E-state index < -0.39 is 0 Å². The number of rotatable bonds is 2. The molecule has 0 radical (unpaired) electrons. The molecular formula is C14H17N3O. The van der Waals surface area contributed by atoms with Crippen LogP contribution in [0.5, 0.6) is 5.75 Å². The molecule has 1 unspecified atom stereocenters. The average Bonchev–Trinajstić information content (AvgIpc) is 2.82. The van der Waals surface area contributed by atoms with E-state index >= 15 is 0 Å². The standard InChI is InChI=1S/C14H17N3O/c15-8-10-3-1-4-11-9-16-17(14(10)11)12-5-2-6-13(18)7-12/h2,5-7,9-10,18H,1,3-4,8,15H2. The van der Waals surface area contributed by atoms with E-state index in [4.69, 9.17) is 5.73 Å². The Morgan fingerprint density at radius 1 is 1.44 bits per heavy atom. The summed E-state index contributed by atoms with van der Waals surface area (Å²) in [6.07, 6.45) is 5.31. The number of fused-ring (bicyclic) bond motifs is 1. The first-order valence-electron chi connectivity index (χ1n) is 6.36. The van der Waals surface area contributed by atoms with Crippen molar-refractivity contribution < 1.29 is 5.11 Å². The second-order valence-electron chi connectivity index (χ2n) is 4.81. The zero-order chi connectivity index (χ0) is 12.5. The summed E-state index contributed by atoms with van der Waals surface area (Å²) in [6.45, 7) is 0.650. The fourth-order valence-corrected chi connectivity index (χ4v) is 2.76. The lowest BCUT2D eigenvalue weighted by Gasteiger charge is -2.23. The molecule has 1 atom stereocenters. The Balaban J connectivity index is 2.11. The molecule has 3 N–H and O–H groups in total. The van der Waals surface area contributed by atoms with Crippen LogP contribution in [0, 0.1) is 0 Å². The molecule has 0 saturated carbocycles. The predicted molar refractivity (Wildman–Crippen MR) is 70.0 cm³/mol. The summed E-state index contributed by atoms with van der Waals surface area (Å²) < 4.78 is 1.92. The lowest BCUT2D eigenvalue weighted by atomic mass is 9.88. The molecule has 0 saturated heterocycles. The molecule has 1 aliphatic carbocycles. The van der Waals surface area contributed by atoms with Gasteiger partial charge in [0.2, 0.25) is 0 Å². The number of aromatic nitrogens is 2.